The molecule has 0 bridgehead atoms. The van der Waals surface area contributed by atoms with Gasteiger partial charge in [0, 0.05) is 19.3 Å². The summed E-state index contributed by atoms with van der Waals surface area (Å²) in [6, 6.07) is -0.741. The van der Waals surface area contributed by atoms with Gasteiger partial charge in [0.1, 0.15) is 12.6 Å². The average molecular weight is 812 g/mol. The molecule has 0 amide bonds. The van der Waals surface area contributed by atoms with Gasteiger partial charge in [0.05, 0.1) is 40.3 Å². The summed E-state index contributed by atoms with van der Waals surface area (Å²) in [4.78, 5) is 36.9. The van der Waals surface area contributed by atoms with Crippen molar-refractivity contribution in [1.82, 2.24) is 0 Å². The second-order valence-electron chi connectivity index (χ2n) is 16.3. The predicted molar refractivity (Wildman–Crippen MR) is 240 cm³/mol. The number of quaternary nitrogens is 1. The summed E-state index contributed by atoms with van der Waals surface area (Å²) in [5.74, 6) is -1.84. The van der Waals surface area contributed by atoms with Crippen LogP contribution < -0.4 is 5.11 Å². The van der Waals surface area contributed by atoms with E-state index < -0.39 is 24.1 Å². The van der Waals surface area contributed by atoms with Gasteiger partial charge in [-0.1, -0.05) is 177 Å². The van der Waals surface area contributed by atoms with E-state index in [1.807, 2.05) is 12.2 Å². The first-order valence-corrected chi connectivity index (χ1v) is 23.0. The second kappa shape index (κ2) is 40.5. The van der Waals surface area contributed by atoms with E-state index in [-0.39, 0.29) is 43.1 Å². The standard InChI is InChI=1S/C50H85NO7/c1-6-8-10-12-14-16-18-20-22-23-24-25-27-29-31-33-35-37-39-41-49(53)58-46(44-56-43-42-47(50(54)55)51(3,4)5)45-57-48(52)40-38-36-34-32-30-28-26-21-19-17-15-13-11-9-7-2/h8,10,14,16,20,22,24-25,29,31,35,37,46-47H,6-7,9,11-13,15,17-19,21,23,26-28,30,32-34,36,38-45H2,1-5H3/b10-8+,16-14+,22-20+,25-24+,31-29+,37-35+. The third-order valence-corrected chi connectivity index (χ3v) is 9.87. The van der Waals surface area contributed by atoms with E-state index >= 15 is 0 Å². The zero-order chi connectivity index (χ0) is 42.8. The molecule has 0 aromatic rings. The molecule has 0 aliphatic heterocycles. The first-order valence-electron chi connectivity index (χ1n) is 23.0. The van der Waals surface area contributed by atoms with Crippen LogP contribution in [0.15, 0.2) is 72.9 Å². The van der Waals surface area contributed by atoms with Crippen molar-refractivity contribution in [3.8, 4) is 0 Å². The minimum atomic E-state index is -1.14. The fourth-order valence-electron chi connectivity index (χ4n) is 6.33. The lowest BCUT2D eigenvalue weighted by molar-refractivity contribution is -0.889. The Balaban J connectivity index is 4.46. The Kier molecular flexibility index (Phi) is 38.3. The van der Waals surface area contributed by atoms with Gasteiger partial charge in [0.15, 0.2) is 6.10 Å². The van der Waals surface area contributed by atoms with E-state index in [1.165, 1.54) is 77.0 Å². The zero-order valence-electron chi connectivity index (χ0n) is 37.7. The predicted octanol–water partition coefficient (Wildman–Crippen LogP) is 11.4. The Morgan fingerprint density at radius 1 is 0.534 bits per heavy atom. The lowest BCUT2D eigenvalue weighted by Gasteiger charge is -2.34. The third-order valence-electron chi connectivity index (χ3n) is 9.87. The summed E-state index contributed by atoms with van der Waals surface area (Å²) in [6.45, 7) is 4.47. The topological polar surface area (TPSA) is 102 Å². The van der Waals surface area contributed by atoms with Crippen molar-refractivity contribution in [3.63, 3.8) is 0 Å². The SMILES string of the molecule is CC/C=C/C/C=C/C/C=C/C/C=C/C/C=C/C/C=C/CCC(=O)OC(COCCC(C(=O)[O-])[N+](C)(C)C)COC(=O)CCCCCCCCCCCCCCCCC. The largest absolute Gasteiger partial charge is 0.544 e. The highest BCUT2D eigenvalue weighted by molar-refractivity contribution is 5.70. The molecule has 0 heterocycles. The summed E-state index contributed by atoms with van der Waals surface area (Å²) in [5, 5.41) is 11.6. The minimum absolute atomic E-state index is 0.00873. The van der Waals surface area contributed by atoms with Crippen LogP contribution in [-0.4, -0.2) is 75.5 Å². The van der Waals surface area contributed by atoms with Crippen LogP contribution >= 0.6 is 0 Å². The number of hydrogen-bond acceptors (Lipinski definition) is 7. The lowest BCUT2D eigenvalue weighted by atomic mass is 10.0. The number of ether oxygens (including phenoxy) is 3. The number of esters is 2. The molecule has 0 radical (unpaired) electrons. The molecular weight excluding hydrogens is 727 g/mol. The fraction of sp³-hybridized carbons (Fsp3) is 0.700. The highest BCUT2D eigenvalue weighted by atomic mass is 16.6. The minimum Gasteiger partial charge on any atom is -0.544 e. The number of hydrogen-bond donors (Lipinski definition) is 0. The van der Waals surface area contributed by atoms with Gasteiger partial charge in [-0.15, -0.1) is 0 Å². The first-order chi connectivity index (χ1) is 28.1. The molecule has 332 valence electrons. The summed E-state index contributed by atoms with van der Waals surface area (Å²) in [7, 11) is 5.38. The number of aliphatic carboxylic acids is 1. The van der Waals surface area contributed by atoms with Gasteiger partial charge in [0.2, 0.25) is 0 Å². The highest BCUT2D eigenvalue weighted by Crippen LogP contribution is 2.14. The van der Waals surface area contributed by atoms with Gasteiger partial charge in [-0.3, -0.25) is 9.59 Å². The normalized spacial score (nSPS) is 13.6. The Labute approximate surface area is 355 Å². The van der Waals surface area contributed by atoms with Crippen LogP contribution in [-0.2, 0) is 28.6 Å². The summed E-state index contributed by atoms with van der Waals surface area (Å²) in [6.07, 6.45) is 50.8. The van der Waals surface area contributed by atoms with Crippen LogP contribution in [0, 0.1) is 0 Å². The lowest BCUT2D eigenvalue weighted by Crippen LogP contribution is -2.55. The molecule has 0 rings (SSSR count). The Morgan fingerprint density at radius 3 is 1.40 bits per heavy atom. The molecule has 0 aromatic heterocycles. The van der Waals surface area contributed by atoms with Crippen molar-refractivity contribution in [2.75, 3.05) is 41.0 Å². The van der Waals surface area contributed by atoms with Crippen LogP contribution in [0.2, 0.25) is 0 Å². The maximum atomic E-state index is 12.7. The Hall–Kier alpha value is -3.23. The van der Waals surface area contributed by atoms with Gasteiger partial charge in [0.25, 0.3) is 0 Å². The molecule has 0 aromatic carbocycles. The van der Waals surface area contributed by atoms with Crippen molar-refractivity contribution in [3.05, 3.63) is 72.9 Å². The third kappa shape index (κ3) is 38.3. The van der Waals surface area contributed by atoms with E-state index in [4.69, 9.17) is 14.2 Å². The van der Waals surface area contributed by atoms with E-state index in [2.05, 4.69) is 74.6 Å². The number of carboxylic acids is 1. The van der Waals surface area contributed by atoms with Gasteiger partial charge in [-0.2, -0.15) is 0 Å². The van der Waals surface area contributed by atoms with Crippen molar-refractivity contribution < 1.29 is 38.2 Å². The van der Waals surface area contributed by atoms with E-state index in [0.29, 0.717) is 12.8 Å². The molecule has 8 heteroatoms. The number of allylic oxidation sites excluding steroid dienone is 12. The number of likely N-dealkylation sites (N-methyl/N-ethyl adjacent to an activating group) is 1. The van der Waals surface area contributed by atoms with Gasteiger partial charge < -0.3 is 28.6 Å². The number of carbonyl (C=O) groups is 3. The number of carbonyl (C=O) groups excluding carboxylic acids is 3. The summed E-state index contributed by atoms with van der Waals surface area (Å²) >= 11 is 0. The van der Waals surface area contributed by atoms with E-state index in [9.17, 15) is 19.5 Å². The summed E-state index contributed by atoms with van der Waals surface area (Å²) in [5.41, 5.74) is 0. The number of carboxylic acid groups (broad SMARTS) is 1. The molecule has 58 heavy (non-hydrogen) atoms. The molecule has 2 unspecified atom stereocenters. The van der Waals surface area contributed by atoms with E-state index in [1.54, 1.807) is 21.1 Å². The maximum Gasteiger partial charge on any atom is 0.306 e. The molecule has 0 aliphatic rings. The second-order valence-corrected chi connectivity index (χ2v) is 16.3. The smallest absolute Gasteiger partial charge is 0.306 e. The molecular formula is C50H85NO7. The average Bonchev–Trinajstić information content (AvgIpc) is 3.18. The molecule has 2 atom stereocenters. The van der Waals surface area contributed by atoms with Crippen LogP contribution in [0.5, 0.6) is 0 Å². The molecule has 0 saturated carbocycles. The number of nitrogens with zero attached hydrogens (tertiary/aromatic N) is 1. The quantitative estimate of drug-likeness (QED) is 0.0263. The number of unbranched alkanes of at least 4 members (excludes halogenated alkanes) is 14. The summed E-state index contributed by atoms with van der Waals surface area (Å²) < 4.78 is 17.1. The highest BCUT2D eigenvalue weighted by Gasteiger charge is 2.25. The van der Waals surface area contributed by atoms with Crippen LogP contribution in [0.3, 0.4) is 0 Å². The van der Waals surface area contributed by atoms with E-state index in [0.717, 1.165) is 57.8 Å². The molecule has 0 saturated heterocycles. The van der Waals surface area contributed by atoms with Crippen molar-refractivity contribution in [1.29, 1.82) is 0 Å². The van der Waals surface area contributed by atoms with Crippen LogP contribution in [0.4, 0.5) is 0 Å². The van der Waals surface area contributed by atoms with Crippen molar-refractivity contribution in [2.24, 2.45) is 0 Å². The fourth-order valence-corrected chi connectivity index (χ4v) is 6.33. The molecule has 0 aliphatic carbocycles. The van der Waals surface area contributed by atoms with Gasteiger partial charge in [-0.25, -0.2) is 0 Å². The number of rotatable bonds is 40. The van der Waals surface area contributed by atoms with Gasteiger partial charge in [-0.05, 0) is 51.4 Å². The molecule has 8 nitrogen and oxygen atoms in total. The Bertz CT molecular complexity index is 1180. The van der Waals surface area contributed by atoms with Crippen molar-refractivity contribution >= 4 is 17.9 Å². The monoisotopic (exact) mass is 812 g/mol. The maximum absolute atomic E-state index is 12.7. The van der Waals surface area contributed by atoms with Gasteiger partial charge >= 0.3 is 11.9 Å². The molecule has 0 spiro atoms. The van der Waals surface area contributed by atoms with Crippen LogP contribution in [0.1, 0.15) is 174 Å². The molecule has 0 N–H and O–H groups in total. The Morgan fingerprint density at radius 2 is 0.966 bits per heavy atom. The first kappa shape index (κ1) is 54.8. The van der Waals surface area contributed by atoms with Crippen LogP contribution in [0.25, 0.3) is 0 Å². The zero-order valence-corrected chi connectivity index (χ0v) is 37.7. The molecule has 0 fully saturated rings. The van der Waals surface area contributed by atoms with Crippen molar-refractivity contribution in [2.45, 2.75) is 187 Å².